The first-order chi connectivity index (χ1) is 7.24. The maximum absolute atomic E-state index is 10.5. The van der Waals surface area contributed by atoms with Crippen LogP contribution in [0.15, 0.2) is 21.6 Å². The van der Waals surface area contributed by atoms with Gasteiger partial charge in [-0.15, -0.1) is 0 Å². The predicted octanol–water partition coefficient (Wildman–Crippen LogP) is 2.50. The molecule has 0 saturated heterocycles. The van der Waals surface area contributed by atoms with Crippen LogP contribution >= 0.6 is 11.8 Å². The van der Waals surface area contributed by atoms with E-state index in [-0.39, 0.29) is 5.76 Å². The van der Waals surface area contributed by atoms with Crippen molar-refractivity contribution >= 4 is 17.7 Å². The minimum Gasteiger partial charge on any atom is -0.475 e. The predicted molar refractivity (Wildman–Crippen MR) is 57.5 cm³/mol. The monoisotopic (exact) mass is 230 g/mol. The Hall–Kier alpha value is -0.940. The Morgan fingerprint density at radius 1 is 1.60 bits per heavy atom. The number of carboxylic acid groups (broad SMARTS) is 1. The number of carbonyl (C=O) groups is 1. The summed E-state index contributed by atoms with van der Waals surface area (Å²) in [6.07, 6.45) is 0.932. The van der Waals surface area contributed by atoms with Gasteiger partial charge in [-0.2, -0.15) is 0 Å². The largest absolute Gasteiger partial charge is 0.475 e. The molecule has 0 unspecified atom stereocenters. The van der Waals surface area contributed by atoms with Crippen LogP contribution in [0.3, 0.4) is 0 Å². The van der Waals surface area contributed by atoms with Crippen LogP contribution in [0, 0.1) is 0 Å². The number of furan rings is 1. The van der Waals surface area contributed by atoms with E-state index in [1.54, 1.807) is 6.07 Å². The third kappa shape index (κ3) is 4.40. The van der Waals surface area contributed by atoms with Gasteiger partial charge in [0.05, 0.1) is 0 Å². The summed E-state index contributed by atoms with van der Waals surface area (Å²) in [7, 11) is 0. The lowest BCUT2D eigenvalue weighted by Gasteiger charge is -1.99. The minimum absolute atomic E-state index is 0.0118. The van der Waals surface area contributed by atoms with E-state index < -0.39 is 5.97 Å². The molecular formula is C10H14O4S. The van der Waals surface area contributed by atoms with E-state index in [2.05, 4.69) is 0 Å². The van der Waals surface area contributed by atoms with E-state index in [1.165, 1.54) is 17.8 Å². The van der Waals surface area contributed by atoms with Crippen molar-refractivity contribution in [3.63, 3.8) is 0 Å². The summed E-state index contributed by atoms with van der Waals surface area (Å²) in [4.78, 5) is 10.5. The van der Waals surface area contributed by atoms with Gasteiger partial charge in [0.2, 0.25) is 5.76 Å². The molecule has 1 aromatic rings. The van der Waals surface area contributed by atoms with Gasteiger partial charge in [0.15, 0.2) is 5.09 Å². The average molecular weight is 230 g/mol. The molecule has 0 saturated carbocycles. The molecule has 0 fully saturated rings. The fourth-order valence-corrected chi connectivity index (χ4v) is 1.77. The molecule has 0 aromatic carbocycles. The topological polar surface area (TPSA) is 59.7 Å². The van der Waals surface area contributed by atoms with Gasteiger partial charge in [0, 0.05) is 19.0 Å². The van der Waals surface area contributed by atoms with Gasteiger partial charge in [0.25, 0.3) is 0 Å². The van der Waals surface area contributed by atoms with Crippen molar-refractivity contribution < 1.29 is 19.1 Å². The van der Waals surface area contributed by atoms with Crippen molar-refractivity contribution in [2.24, 2.45) is 0 Å². The van der Waals surface area contributed by atoms with Gasteiger partial charge in [-0.1, -0.05) is 11.8 Å². The van der Waals surface area contributed by atoms with Gasteiger partial charge in [-0.05, 0) is 25.5 Å². The first-order valence-electron chi connectivity index (χ1n) is 4.77. The highest BCUT2D eigenvalue weighted by atomic mass is 32.2. The SMILES string of the molecule is CCOCCCSc1ccc(C(=O)O)o1. The zero-order valence-electron chi connectivity index (χ0n) is 8.56. The Labute approximate surface area is 92.6 Å². The van der Waals surface area contributed by atoms with Gasteiger partial charge in [0.1, 0.15) is 0 Å². The molecule has 15 heavy (non-hydrogen) atoms. The smallest absolute Gasteiger partial charge is 0.371 e. The number of hydrogen-bond donors (Lipinski definition) is 1. The molecule has 84 valence electrons. The molecule has 0 amide bonds. The normalized spacial score (nSPS) is 10.5. The summed E-state index contributed by atoms with van der Waals surface area (Å²) in [5.41, 5.74) is 0. The summed E-state index contributed by atoms with van der Waals surface area (Å²) in [5.74, 6) is -0.175. The fourth-order valence-electron chi connectivity index (χ4n) is 0.991. The number of ether oxygens (including phenoxy) is 1. The van der Waals surface area contributed by atoms with Crippen LogP contribution in [-0.4, -0.2) is 30.0 Å². The van der Waals surface area contributed by atoms with Crippen LogP contribution in [0.2, 0.25) is 0 Å². The zero-order chi connectivity index (χ0) is 11.1. The Balaban J connectivity index is 2.23. The van der Waals surface area contributed by atoms with E-state index in [0.29, 0.717) is 5.09 Å². The third-order valence-corrected chi connectivity index (χ3v) is 2.67. The molecule has 1 rings (SSSR count). The molecule has 1 N–H and O–H groups in total. The van der Waals surface area contributed by atoms with E-state index in [1.807, 2.05) is 6.92 Å². The van der Waals surface area contributed by atoms with Crippen LogP contribution in [0.5, 0.6) is 0 Å². The average Bonchev–Trinajstić information content (AvgIpc) is 2.66. The molecule has 5 heteroatoms. The third-order valence-electron chi connectivity index (χ3n) is 1.67. The second-order valence-electron chi connectivity index (χ2n) is 2.82. The van der Waals surface area contributed by atoms with Crippen molar-refractivity contribution in [3.8, 4) is 0 Å². The van der Waals surface area contributed by atoms with Crippen molar-refractivity contribution in [2.45, 2.75) is 18.4 Å². The Bertz CT molecular complexity index is 308. The summed E-state index contributed by atoms with van der Waals surface area (Å²) in [6.45, 7) is 3.42. The molecule has 0 spiro atoms. The summed E-state index contributed by atoms with van der Waals surface area (Å²) < 4.78 is 10.3. The van der Waals surface area contributed by atoms with E-state index in [0.717, 1.165) is 25.4 Å². The van der Waals surface area contributed by atoms with Crippen LogP contribution in [0.4, 0.5) is 0 Å². The maximum atomic E-state index is 10.5. The van der Waals surface area contributed by atoms with E-state index in [4.69, 9.17) is 14.3 Å². The standard InChI is InChI=1S/C10H14O4S/c1-2-13-6-3-7-15-9-5-4-8(14-9)10(11)12/h4-5H,2-3,6-7H2,1H3,(H,11,12). The number of aromatic carboxylic acids is 1. The number of thioether (sulfide) groups is 1. The van der Waals surface area contributed by atoms with Gasteiger partial charge in [-0.3, -0.25) is 0 Å². The second kappa shape index (κ2) is 6.53. The van der Waals surface area contributed by atoms with Gasteiger partial charge < -0.3 is 14.3 Å². The maximum Gasteiger partial charge on any atom is 0.371 e. The highest BCUT2D eigenvalue weighted by molar-refractivity contribution is 7.99. The molecule has 0 aliphatic heterocycles. The van der Waals surface area contributed by atoms with Gasteiger partial charge in [-0.25, -0.2) is 4.79 Å². The molecule has 0 atom stereocenters. The van der Waals surface area contributed by atoms with Crippen LogP contribution in [-0.2, 0) is 4.74 Å². The lowest BCUT2D eigenvalue weighted by molar-refractivity contribution is 0.0656. The van der Waals surface area contributed by atoms with E-state index >= 15 is 0 Å². The molecule has 4 nitrogen and oxygen atoms in total. The second-order valence-corrected chi connectivity index (χ2v) is 3.92. The van der Waals surface area contributed by atoms with Crippen LogP contribution < -0.4 is 0 Å². The quantitative estimate of drug-likeness (QED) is 0.576. The number of carboxylic acids is 1. The van der Waals surface area contributed by atoms with Gasteiger partial charge >= 0.3 is 5.97 Å². The van der Waals surface area contributed by atoms with E-state index in [9.17, 15) is 4.79 Å². The summed E-state index contributed by atoms with van der Waals surface area (Å²) in [5, 5.41) is 9.26. The first kappa shape index (κ1) is 12.1. The molecule has 0 aliphatic carbocycles. The summed E-state index contributed by atoms with van der Waals surface area (Å²) in [6, 6.07) is 3.14. The Kier molecular flexibility index (Phi) is 5.28. The molecule has 0 aliphatic rings. The van der Waals surface area contributed by atoms with Crippen molar-refractivity contribution in [2.75, 3.05) is 19.0 Å². The molecule has 0 bridgehead atoms. The molecule has 1 aromatic heterocycles. The zero-order valence-corrected chi connectivity index (χ0v) is 9.38. The Morgan fingerprint density at radius 2 is 2.40 bits per heavy atom. The van der Waals surface area contributed by atoms with Crippen LogP contribution in [0.1, 0.15) is 23.9 Å². The summed E-state index contributed by atoms with van der Waals surface area (Å²) >= 11 is 1.50. The number of hydrogen-bond acceptors (Lipinski definition) is 4. The lowest BCUT2D eigenvalue weighted by atomic mass is 10.5. The van der Waals surface area contributed by atoms with Crippen molar-refractivity contribution in [3.05, 3.63) is 17.9 Å². The van der Waals surface area contributed by atoms with Crippen molar-refractivity contribution in [1.29, 1.82) is 0 Å². The number of rotatable bonds is 7. The highest BCUT2D eigenvalue weighted by Gasteiger charge is 2.08. The molecular weight excluding hydrogens is 216 g/mol. The molecule has 0 radical (unpaired) electrons. The first-order valence-corrected chi connectivity index (χ1v) is 5.76. The molecule has 1 heterocycles. The fraction of sp³-hybridized carbons (Fsp3) is 0.500. The van der Waals surface area contributed by atoms with Crippen molar-refractivity contribution in [1.82, 2.24) is 0 Å². The lowest BCUT2D eigenvalue weighted by Crippen LogP contribution is -1.94. The minimum atomic E-state index is -1.03. The van der Waals surface area contributed by atoms with Crippen LogP contribution in [0.25, 0.3) is 0 Å². The highest BCUT2D eigenvalue weighted by Crippen LogP contribution is 2.21. The Morgan fingerprint density at radius 3 is 3.00 bits per heavy atom.